The van der Waals surface area contributed by atoms with E-state index in [2.05, 4.69) is 10.2 Å². The molecule has 0 spiro atoms. The average molecular weight is 239 g/mol. The molecule has 0 aliphatic heterocycles. The normalized spacial score (nSPS) is 17.8. The molecule has 1 aromatic heterocycles. The van der Waals surface area contributed by atoms with E-state index >= 15 is 0 Å². The molecule has 1 saturated carbocycles. The second-order valence-electron chi connectivity index (χ2n) is 4.52. The van der Waals surface area contributed by atoms with E-state index in [1.807, 2.05) is 0 Å². The van der Waals surface area contributed by atoms with E-state index in [4.69, 9.17) is 5.11 Å². The van der Waals surface area contributed by atoms with Crippen LogP contribution < -0.4 is 0 Å². The van der Waals surface area contributed by atoms with Crippen molar-refractivity contribution in [1.29, 1.82) is 0 Å². The first-order chi connectivity index (χ1) is 8.12. The van der Waals surface area contributed by atoms with Crippen LogP contribution in [-0.4, -0.2) is 37.6 Å². The van der Waals surface area contributed by atoms with Gasteiger partial charge in [0.15, 0.2) is 0 Å². The zero-order valence-electron chi connectivity index (χ0n) is 9.89. The van der Waals surface area contributed by atoms with Crippen LogP contribution in [0.4, 0.5) is 0 Å². The van der Waals surface area contributed by atoms with Gasteiger partial charge in [0, 0.05) is 13.0 Å². The number of aromatic nitrogens is 3. The number of hydrogen-bond acceptors (Lipinski definition) is 4. The van der Waals surface area contributed by atoms with Crippen LogP contribution in [0, 0.1) is 6.92 Å². The molecule has 2 N–H and O–H groups in total. The monoisotopic (exact) mass is 239 g/mol. The largest absolute Gasteiger partial charge is 0.479 e. The molecule has 94 valence electrons. The third-order valence-corrected chi connectivity index (χ3v) is 3.46. The van der Waals surface area contributed by atoms with Crippen molar-refractivity contribution >= 4 is 5.97 Å². The van der Waals surface area contributed by atoms with Crippen molar-refractivity contribution < 1.29 is 15.0 Å². The highest BCUT2D eigenvalue weighted by atomic mass is 16.4. The minimum Gasteiger partial charge on any atom is -0.479 e. The van der Waals surface area contributed by atoms with Crippen molar-refractivity contribution in [3.8, 4) is 0 Å². The maximum atomic E-state index is 11.5. The second-order valence-corrected chi connectivity index (χ2v) is 4.52. The maximum Gasteiger partial charge on any atom is 0.329 e. The van der Waals surface area contributed by atoms with Crippen LogP contribution in [0.5, 0.6) is 0 Å². The first-order valence-corrected chi connectivity index (χ1v) is 5.87. The summed E-state index contributed by atoms with van der Waals surface area (Å²) in [5.74, 6) is 0.496. The number of nitrogens with zero attached hydrogens (tertiary/aromatic N) is 3. The van der Waals surface area contributed by atoms with Crippen LogP contribution >= 0.6 is 0 Å². The lowest BCUT2D eigenvalue weighted by molar-refractivity contribution is -0.152. The fraction of sp³-hybridized carbons (Fsp3) is 0.727. The third kappa shape index (κ3) is 1.82. The highest BCUT2D eigenvalue weighted by Crippen LogP contribution is 2.41. The van der Waals surface area contributed by atoms with Gasteiger partial charge in [-0.15, -0.1) is 10.2 Å². The number of aryl methyl sites for hydroxylation is 2. The molecule has 17 heavy (non-hydrogen) atoms. The van der Waals surface area contributed by atoms with E-state index in [1.54, 1.807) is 11.5 Å². The minimum atomic E-state index is -0.849. The second kappa shape index (κ2) is 4.44. The van der Waals surface area contributed by atoms with E-state index in [1.165, 1.54) is 0 Å². The van der Waals surface area contributed by atoms with Gasteiger partial charge in [-0.2, -0.15) is 0 Å². The summed E-state index contributed by atoms with van der Waals surface area (Å²) in [7, 11) is 0. The summed E-state index contributed by atoms with van der Waals surface area (Å²) in [5.41, 5.74) is -0.849. The Bertz CT molecular complexity index is 424. The van der Waals surface area contributed by atoms with Gasteiger partial charge in [-0.25, -0.2) is 4.79 Å². The Labute approximate surface area is 99.3 Å². The Kier molecular flexibility index (Phi) is 3.15. The van der Waals surface area contributed by atoms with E-state index in [0.29, 0.717) is 37.3 Å². The van der Waals surface area contributed by atoms with Crippen molar-refractivity contribution in [2.75, 3.05) is 6.61 Å². The Balaban J connectivity index is 2.36. The molecule has 1 aromatic rings. The molecule has 0 aromatic carbocycles. The van der Waals surface area contributed by atoms with Crippen molar-refractivity contribution in [2.45, 2.75) is 44.6 Å². The Hall–Kier alpha value is -1.43. The average Bonchev–Trinajstić information content (AvgIpc) is 2.57. The Morgan fingerprint density at radius 1 is 1.47 bits per heavy atom. The molecule has 6 nitrogen and oxygen atoms in total. The maximum absolute atomic E-state index is 11.5. The van der Waals surface area contributed by atoms with Gasteiger partial charge in [0.2, 0.25) is 0 Å². The molecule has 1 fully saturated rings. The van der Waals surface area contributed by atoms with E-state index in [9.17, 15) is 9.90 Å². The smallest absolute Gasteiger partial charge is 0.329 e. The van der Waals surface area contributed by atoms with Gasteiger partial charge in [0.1, 0.15) is 17.2 Å². The van der Waals surface area contributed by atoms with Gasteiger partial charge in [-0.05, 0) is 32.6 Å². The van der Waals surface area contributed by atoms with Gasteiger partial charge in [0.05, 0.1) is 0 Å². The molecule has 2 rings (SSSR count). The summed E-state index contributed by atoms with van der Waals surface area (Å²) in [6, 6.07) is 0. The molecule has 0 amide bonds. The van der Waals surface area contributed by atoms with Crippen LogP contribution in [-0.2, 0) is 16.8 Å². The lowest BCUT2D eigenvalue weighted by atomic mass is 9.76. The van der Waals surface area contributed by atoms with Gasteiger partial charge in [-0.1, -0.05) is 0 Å². The molecule has 0 saturated heterocycles. The van der Waals surface area contributed by atoms with Gasteiger partial charge < -0.3 is 10.2 Å². The lowest BCUT2D eigenvalue weighted by Gasteiger charge is -2.40. The van der Waals surface area contributed by atoms with Crippen molar-refractivity contribution in [2.24, 2.45) is 0 Å². The van der Waals surface area contributed by atoms with E-state index in [-0.39, 0.29) is 6.61 Å². The Morgan fingerprint density at radius 2 is 2.18 bits per heavy atom. The summed E-state index contributed by atoms with van der Waals surface area (Å²) in [6.45, 7) is 1.85. The molecule has 0 unspecified atom stereocenters. The zero-order chi connectivity index (χ0) is 12.5. The summed E-state index contributed by atoms with van der Waals surface area (Å²) in [4.78, 5) is 11.5. The van der Waals surface area contributed by atoms with Gasteiger partial charge in [0.25, 0.3) is 0 Å². The number of aliphatic carboxylic acids is 1. The fourth-order valence-corrected chi connectivity index (χ4v) is 2.41. The zero-order valence-corrected chi connectivity index (χ0v) is 9.89. The van der Waals surface area contributed by atoms with Crippen LogP contribution in [0.3, 0.4) is 0 Å². The third-order valence-electron chi connectivity index (χ3n) is 3.46. The molecule has 6 heteroatoms. The molecule has 1 aliphatic rings. The molecular formula is C11H17N3O3. The standard InChI is InChI=1S/C11H17N3O3/c1-8-12-13-9(4-2-7-15)14(8)11(10(16)17)5-3-6-11/h15H,2-7H2,1H3,(H,16,17). The van der Waals surface area contributed by atoms with Gasteiger partial charge >= 0.3 is 5.97 Å². The molecular weight excluding hydrogens is 222 g/mol. The molecule has 1 aliphatic carbocycles. The first-order valence-electron chi connectivity index (χ1n) is 5.87. The number of rotatable bonds is 5. The number of aliphatic hydroxyl groups excluding tert-OH is 1. The lowest BCUT2D eigenvalue weighted by Crippen LogP contribution is -2.49. The highest BCUT2D eigenvalue weighted by Gasteiger charge is 2.48. The number of aliphatic hydroxyl groups is 1. The molecule has 0 bridgehead atoms. The SMILES string of the molecule is Cc1nnc(CCCO)n1C1(C(=O)O)CCC1. The van der Waals surface area contributed by atoms with Crippen LogP contribution in [0.25, 0.3) is 0 Å². The summed E-state index contributed by atoms with van der Waals surface area (Å²) >= 11 is 0. The quantitative estimate of drug-likeness (QED) is 0.780. The number of hydrogen-bond donors (Lipinski definition) is 2. The highest BCUT2D eigenvalue weighted by molar-refractivity contribution is 5.78. The van der Waals surface area contributed by atoms with Crippen LogP contribution in [0.15, 0.2) is 0 Å². The van der Waals surface area contributed by atoms with Crippen molar-refractivity contribution in [3.63, 3.8) is 0 Å². The van der Waals surface area contributed by atoms with E-state index < -0.39 is 11.5 Å². The predicted octanol–water partition coefficient (Wildman–Crippen LogP) is 0.475. The summed E-state index contributed by atoms with van der Waals surface area (Å²) < 4.78 is 1.74. The van der Waals surface area contributed by atoms with Crippen LogP contribution in [0.2, 0.25) is 0 Å². The number of carboxylic acids is 1. The predicted molar refractivity (Wildman–Crippen MR) is 59.6 cm³/mol. The minimum absolute atomic E-state index is 0.0754. The molecule has 0 radical (unpaired) electrons. The summed E-state index contributed by atoms with van der Waals surface area (Å²) in [6.07, 6.45) is 3.32. The Morgan fingerprint density at radius 3 is 2.65 bits per heavy atom. The van der Waals surface area contributed by atoms with Crippen LogP contribution in [0.1, 0.15) is 37.3 Å². The topological polar surface area (TPSA) is 88.2 Å². The molecule has 1 heterocycles. The van der Waals surface area contributed by atoms with Crippen molar-refractivity contribution in [3.05, 3.63) is 11.6 Å². The summed E-state index contributed by atoms with van der Waals surface area (Å²) in [5, 5.41) is 26.2. The van der Waals surface area contributed by atoms with E-state index in [0.717, 1.165) is 6.42 Å². The van der Waals surface area contributed by atoms with Crippen molar-refractivity contribution in [1.82, 2.24) is 14.8 Å². The van der Waals surface area contributed by atoms with Gasteiger partial charge in [-0.3, -0.25) is 4.57 Å². The fourth-order valence-electron chi connectivity index (χ4n) is 2.41. The number of carbonyl (C=O) groups is 1. The molecule has 0 atom stereocenters. The first kappa shape index (κ1) is 12.0. The number of carboxylic acid groups (broad SMARTS) is 1.